The minimum Gasteiger partial charge on any atom is -0.299 e. The SMILES string of the molecule is CCCCCc1nnc(NC(=O)c2ccc(CN3CCCCC3)cc2)s1. The molecular formula is C20H28N4OS. The Balaban J connectivity index is 1.51. The van der Waals surface area contributed by atoms with Crippen molar-refractivity contribution in [1.82, 2.24) is 15.1 Å². The summed E-state index contributed by atoms with van der Waals surface area (Å²) in [6.45, 7) is 5.52. The first-order chi connectivity index (χ1) is 12.7. The number of likely N-dealkylation sites (tertiary alicyclic amines) is 1. The van der Waals surface area contributed by atoms with Crippen LogP contribution < -0.4 is 5.32 Å². The molecule has 140 valence electrons. The number of benzene rings is 1. The number of carbonyl (C=O) groups is 1. The van der Waals surface area contributed by atoms with E-state index < -0.39 is 0 Å². The molecule has 26 heavy (non-hydrogen) atoms. The van der Waals surface area contributed by atoms with Crippen molar-refractivity contribution in [3.05, 3.63) is 40.4 Å². The zero-order valence-electron chi connectivity index (χ0n) is 15.5. The molecule has 5 nitrogen and oxygen atoms in total. The molecule has 1 saturated heterocycles. The third kappa shape index (κ3) is 5.61. The van der Waals surface area contributed by atoms with Crippen LogP contribution in [0.5, 0.6) is 0 Å². The molecule has 0 bridgehead atoms. The Hall–Kier alpha value is -1.79. The van der Waals surface area contributed by atoms with Crippen molar-refractivity contribution in [3.63, 3.8) is 0 Å². The highest BCUT2D eigenvalue weighted by atomic mass is 32.1. The molecule has 0 atom stereocenters. The van der Waals surface area contributed by atoms with Gasteiger partial charge < -0.3 is 0 Å². The van der Waals surface area contributed by atoms with E-state index in [1.54, 1.807) is 0 Å². The lowest BCUT2D eigenvalue weighted by molar-refractivity contribution is 0.102. The molecule has 1 aliphatic heterocycles. The Morgan fingerprint density at radius 3 is 2.62 bits per heavy atom. The van der Waals surface area contributed by atoms with E-state index >= 15 is 0 Å². The number of nitrogens with one attached hydrogen (secondary N) is 1. The summed E-state index contributed by atoms with van der Waals surface area (Å²) in [5.74, 6) is -0.120. The van der Waals surface area contributed by atoms with Gasteiger partial charge in [-0.3, -0.25) is 15.0 Å². The second-order valence-corrected chi connectivity index (χ2v) is 8.01. The Morgan fingerprint density at radius 2 is 1.88 bits per heavy atom. The first-order valence-corrected chi connectivity index (χ1v) is 10.5. The third-order valence-corrected chi connectivity index (χ3v) is 5.65. The molecule has 1 fully saturated rings. The molecule has 2 aromatic rings. The lowest BCUT2D eigenvalue weighted by Crippen LogP contribution is -2.29. The first-order valence-electron chi connectivity index (χ1n) is 9.69. The van der Waals surface area contributed by atoms with Gasteiger partial charge in [0.2, 0.25) is 5.13 Å². The fraction of sp³-hybridized carbons (Fsp3) is 0.550. The number of carbonyl (C=O) groups excluding carboxylic acids is 1. The number of hydrogen-bond donors (Lipinski definition) is 1. The molecule has 3 rings (SSSR count). The molecule has 0 spiro atoms. The van der Waals surface area contributed by atoms with E-state index in [1.807, 2.05) is 12.1 Å². The molecule has 1 N–H and O–H groups in total. The van der Waals surface area contributed by atoms with Crippen LogP contribution >= 0.6 is 11.3 Å². The predicted octanol–water partition coefficient (Wildman–Crippen LogP) is 4.51. The summed E-state index contributed by atoms with van der Waals surface area (Å²) in [5.41, 5.74) is 1.92. The molecule has 1 aromatic carbocycles. The number of rotatable bonds is 8. The maximum Gasteiger partial charge on any atom is 0.257 e. The highest BCUT2D eigenvalue weighted by Crippen LogP contribution is 2.19. The van der Waals surface area contributed by atoms with Crippen molar-refractivity contribution in [2.45, 2.75) is 58.4 Å². The van der Waals surface area contributed by atoms with Crippen molar-refractivity contribution in [3.8, 4) is 0 Å². The number of piperidine rings is 1. The van der Waals surface area contributed by atoms with Gasteiger partial charge in [-0.2, -0.15) is 0 Å². The number of unbranched alkanes of at least 4 members (excludes halogenated alkanes) is 2. The molecule has 1 aliphatic rings. The van der Waals surface area contributed by atoms with Gasteiger partial charge in [0.1, 0.15) is 5.01 Å². The van der Waals surface area contributed by atoms with Crippen LogP contribution in [-0.4, -0.2) is 34.1 Å². The summed E-state index contributed by atoms with van der Waals surface area (Å²) >= 11 is 1.47. The quantitative estimate of drug-likeness (QED) is 0.693. The van der Waals surface area contributed by atoms with Gasteiger partial charge in [-0.1, -0.05) is 49.7 Å². The summed E-state index contributed by atoms with van der Waals surface area (Å²) in [7, 11) is 0. The van der Waals surface area contributed by atoms with Gasteiger partial charge in [-0.15, -0.1) is 10.2 Å². The summed E-state index contributed by atoms with van der Waals surface area (Å²) in [6.07, 6.45) is 8.39. The number of amides is 1. The van der Waals surface area contributed by atoms with Crippen LogP contribution in [-0.2, 0) is 13.0 Å². The van der Waals surface area contributed by atoms with E-state index in [0.717, 1.165) is 24.4 Å². The molecular weight excluding hydrogens is 344 g/mol. The van der Waals surface area contributed by atoms with E-state index in [4.69, 9.17) is 0 Å². The second kappa shape index (κ2) is 9.78. The fourth-order valence-corrected chi connectivity index (χ4v) is 4.01. The van der Waals surface area contributed by atoms with Gasteiger partial charge in [0.05, 0.1) is 0 Å². The molecule has 1 aromatic heterocycles. The Kier molecular flexibility index (Phi) is 7.14. The third-order valence-electron chi connectivity index (χ3n) is 4.75. The molecule has 1 amide bonds. The van der Waals surface area contributed by atoms with Crippen LogP contribution in [0.4, 0.5) is 5.13 Å². The largest absolute Gasteiger partial charge is 0.299 e. The summed E-state index contributed by atoms with van der Waals surface area (Å²) in [5, 5.41) is 12.7. The monoisotopic (exact) mass is 372 g/mol. The van der Waals surface area contributed by atoms with Gasteiger partial charge in [0, 0.05) is 18.5 Å². The van der Waals surface area contributed by atoms with Crippen LogP contribution in [0, 0.1) is 0 Å². The predicted molar refractivity (Wildman–Crippen MR) is 107 cm³/mol. The van der Waals surface area contributed by atoms with E-state index in [2.05, 4.69) is 39.5 Å². The molecule has 0 aliphatic carbocycles. The van der Waals surface area contributed by atoms with Crippen molar-refractivity contribution >= 4 is 22.4 Å². The van der Waals surface area contributed by atoms with Crippen LogP contribution in [0.2, 0.25) is 0 Å². The van der Waals surface area contributed by atoms with Gasteiger partial charge in [0.15, 0.2) is 0 Å². The maximum absolute atomic E-state index is 12.4. The van der Waals surface area contributed by atoms with Crippen molar-refractivity contribution < 1.29 is 4.79 Å². The van der Waals surface area contributed by atoms with Crippen LogP contribution in [0.15, 0.2) is 24.3 Å². The Bertz CT molecular complexity index is 692. The van der Waals surface area contributed by atoms with Gasteiger partial charge >= 0.3 is 0 Å². The van der Waals surface area contributed by atoms with Gasteiger partial charge in [0.25, 0.3) is 5.91 Å². The number of aromatic nitrogens is 2. The second-order valence-electron chi connectivity index (χ2n) is 6.95. The van der Waals surface area contributed by atoms with Crippen LogP contribution in [0.1, 0.15) is 66.4 Å². The van der Waals surface area contributed by atoms with Gasteiger partial charge in [-0.05, 0) is 50.0 Å². The zero-order chi connectivity index (χ0) is 18.2. The van der Waals surface area contributed by atoms with Crippen molar-refractivity contribution in [1.29, 1.82) is 0 Å². The zero-order valence-corrected chi connectivity index (χ0v) is 16.4. The Morgan fingerprint density at radius 1 is 1.12 bits per heavy atom. The molecule has 0 radical (unpaired) electrons. The molecule has 0 unspecified atom stereocenters. The van der Waals surface area contributed by atoms with Crippen LogP contribution in [0.25, 0.3) is 0 Å². The number of aryl methyl sites for hydroxylation is 1. The van der Waals surface area contributed by atoms with Gasteiger partial charge in [-0.25, -0.2) is 0 Å². The van der Waals surface area contributed by atoms with Crippen molar-refractivity contribution in [2.75, 3.05) is 18.4 Å². The fourth-order valence-electron chi connectivity index (χ4n) is 3.24. The average Bonchev–Trinajstić information content (AvgIpc) is 3.10. The van der Waals surface area contributed by atoms with E-state index in [-0.39, 0.29) is 5.91 Å². The number of anilines is 1. The molecule has 2 heterocycles. The normalized spacial score (nSPS) is 15.1. The topological polar surface area (TPSA) is 58.1 Å². The van der Waals surface area contributed by atoms with E-state index in [9.17, 15) is 4.79 Å². The first kappa shape index (κ1) is 19.0. The minimum atomic E-state index is -0.120. The highest BCUT2D eigenvalue weighted by molar-refractivity contribution is 7.15. The molecule has 6 heteroatoms. The number of hydrogen-bond acceptors (Lipinski definition) is 5. The van der Waals surface area contributed by atoms with Crippen molar-refractivity contribution in [2.24, 2.45) is 0 Å². The Labute approximate surface area is 159 Å². The minimum absolute atomic E-state index is 0.120. The lowest BCUT2D eigenvalue weighted by Gasteiger charge is -2.26. The standard InChI is InChI=1S/C20H28N4OS/c1-2-3-5-8-18-22-23-20(26-18)21-19(25)17-11-9-16(10-12-17)15-24-13-6-4-7-14-24/h9-12H,2-8,13-15H2,1H3,(H,21,23,25). The average molecular weight is 373 g/mol. The summed E-state index contributed by atoms with van der Waals surface area (Å²) in [4.78, 5) is 14.9. The van der Waals surface area contributed by atoms with E-state index in [0.29, 0.717) is 10.7 Å². The number of nitrogens with zero attached hydrogens (tertiary/aromatic N) is 3. The smallest absolute Gasteiger partial charge is 0.257 e. The lowest BCUT2D eigenvalue weighted by atomic mass is 10.1. The van der Waals surface area contributed by atoms with Crippen LogP contribution in [0.3, 0.4) is 0 Å². The summed E-state index contributed by atoms with van der Waals surface area (Å²) < 4.78 is 0. The van der Waals surface area contributed by atoms with E-state index in [1.165, 1.54) is 62.1 Å². The highest BCUT2D eigenvalue weighted by Gasteiger charge is 2.12. The summed E-state index contributed by atoms with van der Waals surface area (Å²) in [6, 6.07) is 7.91. The maximum atomic E-state index is 12.4. The molecule has 0 saturated carbocycles.